The average Bonchev–Trinajstić information content (AvgIpc) is 3.23. The number of benzene rings is 1. The van der Waals surface area contributed by atoms with Crippen molar-refractivity contribution in [2.24, 2.45) is 0 Å². The van der Waals surface area contributed by atoms with Crippen LogP contribution in [0.1, 0.15) is 43.7 Å². The van der Waals surface area contributed by atoms with Gasteiger partial charge in [-0.25, -0.2) is 4.98 Å². The Morgan fingerprint density at radius 2 is 2.06 bits per heavy atom. The van der Waals surface area contributed by atoms with Crippen molar-refractivity contribution >= 4 is 22.8 Å². The molecule has 10 nitrogen and oxygen atoms in total. The molecular weight excluding hydrogens is 446 g/mol. The highest BCUT2D eigenvalue weighted by atomic mass is 16.5. The molecule has 1 aliphatic carbocycles. The van der Waals surface area contributed by atoms with Crippen molar-refractivity contribution in [2.45, 2.75) is 57.8 Å². The second-order valence-corrected chi connectivity index (χ2v) is 9.08. The van der Waals surface area contributed by atoms with E-state index in [-0.39, 0.29) is 12.6 Å². The lowest BCUT2D eigenvalue weighted by atomic mass is 9.89. The predicted molar refractivity (Wildman–Crippen MR) is 137 cm³/mol. The lowest BCUT2D eigenvalue weighted by molar-refractivity contribution is 0.0170. The summed E-state index contributed by atoms with van der Waals surface area (Å²) >= 11 is 0. The fraction of sp³-hybridized carbons (Fsp3) is 0.560. The molecule has 190 valence electrons. The van der Waals surface area contributed by atoms with Crippen LogP contribution in [-0.4, -0.2) is 70.9 Å². The summed E-state index contributed by atoms with van der Waals surface area (Å²) in [4.78, 5) is 10.9. The van der Waals surface area contributed by atoms with Gasteiger partial charge >= 0.3 is 0 Å². The highest BCUT2D eigenvalue weighted by molar-refractivity contribution is 5.86. The molecule has 10 heteroatoms. The number of rotatable bonds is 13. The summed E-state index contributed by atoms with van der Waals surface area (Å²) in [6.07, 6.45) is 6.41. The van der Waals surface area contributed by atoms with E-state index in [9.17, 15) is 5.11 Å². The first-order valence-corrected chi connectivity index (χ1v) is 12.3. The first-order valence-electron chi connectivity index (χ1n) is 12.3. The molecule has 2 heterocycles. The molecular formula is C25H37N7O3. The summed E-state index contributed by atoms with van der Waals surface area (Å²) < 4.78 is 12.9. The van der Waals surface area contributed by atoms with Crippen LogP contribution in [-0.2, 0) is 17.8 Å². The van der Waals surface area contributed by atoms with Crippen molar-refractivity contribution in [2.75, 3.05) is 44.5 Å². The maximum absolute atomic E-state index is 9.56. The van der Waals surface area contributed by atoms with Crippen LogP contribution in [0.5, 0.6) is 5.75 Å². The van der Waals surface area contributed by atoms with Gasteiger partial charge in [-0.3, -0.25) is 4.68 Å². The Bertz CT molecular complexity index is 1110. The lowest BCUT2D eigenvalue weighted by Crippen LogP contribution is -2.44. The quantitative estimate of drug-likeness (QED) is 0.336. The number of aliphatic hydroxyl groups excluding tert-OH is 1. The topological polar surface area (TPSA) is 124 Å². The minimum Gasteiger partial charge on any atom is -0.496 e. The summed E-state index contributed by atoms with van der Waals surface area (Å²) in [5.41, 5.74) is 9.57. The number of unbranched alkanes of at least 4 members (excludes halogenated alkanes) is 1. The van der Waals surface area contributed by atoms with Crippen LogP contribution in [0.15, 0.2) is 24.4 Å². The van der Waals surface area contributed by atoms with E-state index in [4.69, 9.17) is 20.3 Å². The van der Waals surface area contributed by atoms with Crippen LogP contribution in [0.4, 0.5) is 11.8 Å². The van der Waals surface area contributed by atoms with Crippen molar-refractivity contribution in [3.63, 3.8) is 0 Å². The second kappa shape index (κ2) is 11.7. The number of anilines is 2. The van der Waals surface area contributed by atoms with Crippen LogP contribution < -0.4 is 20.7 Å². The fourth-order valence-corrected chi connectivity index (χ4v) is 4.45. The van der Waals surface area contributed by atoms with E-state index in [1.54, 1.807) is 14.2 Å². The van der Waals surface area contributed by atoms with Crippen LogP contribution in [0.3, 0.4) is 0 Å². The summed E-state index contributed by atoms with van der Waals surface area (Å²) in [6.45, 7) is 4.72. The molecule has 3 aromatic rings. The van der Waals surface area contributed by atoms with Gasteiger partial charge in [-0.05, 0) is 30.9 Å². The monoisotopic (exact) mass is 483 g/mol. The van der Waals surface area contributed by atoms with Gasteiger partial charge in [0.25, 0.3) is 0 Å². The number of nitrogens with two attached hydrogens (primary N) is 1. The summed E-state index contributed by atoms with van der Waals surface area (Å²) in [5.74, 6) is 1.68. The smallest absolute Gasteiger partial charge is 0.222 e. The number of aromatic nitrogens is 4. The SMILES string of the molecule is CCCCN(CCO)c1nc(N)nc2cn(Cc3ccc(CNC4CC(OC)C4)cc3OC)nc12. The molecule has 0 bridgehead atoms. The molecule has 0 unspecified atom stereocenters. The first-order chi connectivity index (χ1) is 17.0. The standard InChI is InChI=1S/C25H37N7O3/c1-4-5-8-31(9-10-33)24-23-21(28-25(26)29-24)16-32(30-23)15-18-7-6-17(11-22(18)35-3)14-27-19-12-20(13-19)34-2/h6-7,11,16,19-20,27,33H,4-5,8-10,12-15H2,1-3H3,(H2,26,28). The molecule has 4 rings (SSSR count). The van der Waals surface area contributed by atoms with Gasteiger partial charge in [0, 0.05) is 38.3 Å². The van der Waals surface area contributed by atoms with E-state index >= 15 is 0 Å². The first kappa shape index (κ1) is 25.2. The Morgan fingerprint density at radius 1 is 1.23 bits per heavy atom. The van der Waals surface area contributed by atoms with E-state index in [0.29, 0.717) is 42.1 Å². The third-order valence-electron chi connectivity index (χ3n) is 6.57. The summed E-state index contributed by atoms with van der Waals surface area (Å²) in [7, 11) is 3.46. The molecule has 0 atom stereocenters. The third-order valence-corrected chi connectivity index (χ3v) is 6.57. The maximum atomic E-state index is 9.56. The van der Waals surface area contributed by atoms with Gasteiger partial charge < -0.3 is 30.5 Å². The molecule has 1 aliphatic rings. The zero-order chi connectivity index (χ0) is 24.8. The number of hydrogen-bond acceptors (Lipinski definition) is 9. The summed E-state index contributed by atoms with van der Waals surface area (Å²) in [6, 6.07) is 6.79. The number of nitrogens with zero attached hydrogens (tertiary/aromatic N) is 5. The second-order valence-electron chi connectivity index (χ2n) is 9.08. The number of ether oxygens (including phenoxy) is 2. The van der Waals surface area contributed by atoms with Gasteiger partial charge in [0.1, 0.15) is 11.3 Å². The number of fused-ring (bicyclic) bond motifs is 1. The number of methoxy groups -OCH3 is 2. The Morgan fingerprint density at radius 3 is 2.77 bits per heavy atom. The van der Waals surface area contributed by atoms with Crippen LogP contribution >= 0.6 is 0 Å². The van der Waals surface area contributed by atoms with E-state index in [1.165, 1.54) is 5.56 Å². The molecule has 4 N–H and O–H groups in total. The van der Waals surface area contributed by atoms with Crippen molar-refractivity contribution in [3.8, 4) is 5.75 Å². The molecule has 0 saturated heterocycles. The molecule has 1 saturated carbocycles. The predicted octanol–water partition coefficient (Wildman–Crippen LogP) is 2.33. The Labute approximate surface area is 206 Å². The number of hydrogen-bond donors (Lipinski definition) is 3. The molecule has 2 aromatic heterocycles. The maximum Gasteiger partial charge on any atom is 0.222 e. The molecule has 35 heavy (non-hydrogen) atoms. The number of aliphatic hydroxyl groups is 1. The van der Waals surface area contributed by atoms with E-state index in [2.05, 4.69) is 40.4 Å². The molecule has 0 spiro atoms. The van der Waals surface area contributed by atoms with Crippen molar-refractivity contribution < 1.29 is 14.6 Å². The third kappa shape index (κ3) is 6.01. The molecule has 0 amide bonds. The highest BCUT2D eigenvalue weighted by Crippen LogP contribution is 2.27. The van der Waals surface area contributed by atoms with E-state index in [0.717, 1.165) is 50.1 Å². The molecule has 1 aromatic carbocycles. The van der Waals surface area contributed by atoms with Gasteiger partial charge in [0.05, 0.1) is 32.6 Å². The van der Waals surface area contributed by atoms with Crippen molar-refractivity contribution in [3.05, 3.63) is 35.5 Å². The molecule has 0 radical (unpaired) electrons. The van der Waals surface area contributed by atoms with Crippen LogP contribution in [0.2, 0.25) is 0 Å². The highest BCUT2D eigenvalue weighted by Gasteiger charge is 2.28. The number of nitrogen functional groups attached to an aromatic ring is 1. The largest absolute Gasteiger partial charge is 0.496 e. The molecule has 1 fully saturated rings. The van der Waals surface area contributed by atoms with Crippen molar-refractivity contribution in [1.29, 1.82) is 0 Å². The fourth-order valence-electron chi connectivity index (χ4n) is 4.45. The van der Waals surface area contributed by atoms with Gasteiger partial charge in [-0.2, -0.15) is 10.1 Å². The Kier molecular flexibility index (Phi) is 8.37. The van der Waals surface area contributed by atoms with Crippen LogP contribution in [0.25, 0.3) is 11.0 Å². The summed E-state index contributed by atoms with van der Waals surface area (Å²) in [5, 5.41) is 17.9. The Balaban J connectivity index is 1.51. The average molecular weight is 484 g/mol. The number of nitrogens with one attached hydrogen (secondary N) is 1. The zero-order valence-corrected chi connectivity index (χ0v) is 20.9. The van der Waals surface area contributed by atoms with Gasteiger partial charge in [-0.1, -0.05) is 25.5 Å². The van der Waals surface area contributed by atoms with Gasteiger partial charge in [0.15, 0.2) is 11.3 Å². The lowest BCUT2D eigenvalue weighted by Gasteiger charge is -2.34. The zero-order valence-electron chi connectivity index (χ0n) is 20.9. The van der Waals surface area contributed by atoms with Gasteiger partial charge in [-0.15, -0.1) is 0 Å². The van der Waals surface area contributed by atoms with Crippen molar-refractivity contribution in [1.82, 2.24) is 25.1 Å². The van der Waals surface area contributed by atoms with Gasteiger partial charge in [0.2, 0.25) is 5.95 Å². The Hall–Kier alpha value is -2.95. The van der Waals surface area contributed by atoms with E-state index < -0.39 is 0 Å². The van der Waals surface area contributed by atoms with Crippen LogP contribution in [0, 0.1) is 0 Å². The molecule has 0 aliphatic heterocycles. The normalized spacial score (nSPS) is 17.5. The minimum absolute atomic E-state index is 0.0297. The minimum atomic E-state index is 0.0297. The van der Waals surface area contributed by atoms with E-state index in [1.807, 2.05) is 15.8 Å².